The summed E-state index contributed by atoms with van der Waals surface area (Å²) in [5.74, 6) is -0.833. The molecule has 0 aromatic carbocycles. The average Bonchev–Trinajstić information content (AvgIpc) is 1.90. The second kappa shape index (κ2) is 9.22. The van der Waals surface area contributed by atoms with Crippen LogP contribution in [0.1, 0.15) is 6.92 Å². The fourth-order valence-electron chi connectivity index (χ4n) is 0.277. The van der Waals surface area contributed by atoms with E-state index in [1.54, 1.807) is 12.3 Å². The zero-order valence-electron chi connectivity index (χ0n) is 6.61. The van der Waals surface area contributed by atoms with E-state index in [2.05, 4.69) is 11.2 Å². The Hall–Kier alpha value is -0.783. The fourth-order valence-corrected chi connectivity index (χ4v) is 0.277. The largest absolute Gasteiger partial charge is 1.00 e. The molecule has 0 spiro atoms. The Morgan fingerprint density at radius 1 is 1.55 bits per heavy atom. The van der Waals surface area contributed by atoms with Crippen LogP contribution in [0.4, 0.5) is 0 Å². The first kappa shape index (κ1) is 12.9. The molecule has 0 unspecified atom stereocenters. The zero-order valence-corrected chi connectivity index (χ0v) is 6.61. The molecule has 1 aromatic heterocycles. The molecule has 0 amide bonds. The second-order valence-electron chi connectivity index (χ2n) is 1.48. The summed E-state index contributed by atoms with van der Waals surface area (Å²) in [7, 11) is 0. The molecule has 0 radical (unpaired) electrons. The van der Waals surface area contributed by atoms with Crippen molar-refractivity contribution in [2.24, 2.45) is 0 Å². The van der Waals surface area contributed by atoms with E-state index < -0.39 is 5.97 Å². The van der Waals surface area contributed by atoms with Crippen LogP contribution < -0.4 is 18.9 Å². The monoisotopic (exact) mass is 145 g/mol. The molecule has 54 valence electrons. The number of aromatic nitrogens is 1. The molecule has 0 bridgehead atoms. The van der Waals surface area contributed by atoms with Crippen molar-refractivity contribution in [3.63, 3.8) is 0 Å². The van der Waals surface area contributed by atoms with Gasteiger partial charge in [0.05, 0.1) is 0 Å². The standard InChI is InChI=1S/C5H4N.C2H4O2.Li/c1-2-4-6-5-3-1;1-2(3)4;/h1-4H;1H3,(H,3,4);/q-1;;+1. The third-order valence-corrected chi connectivity index (χ3v) is 0.517. The summed E-state index contributed by atoms with van der Waals surface area (Å²) in [6.07, 6.45) is 4.34. The van der Waals surface area contributed by atoms with E-state index in [-0.39, 0.29) is 18.9 Å². The summed E-state index contributed by atoms with van der Waals surface area (Å²) in [5.41, 5.74) is 0. The van der Waals surface area contributed by atoms with Crippen LogP contribution in [0.3, 0.4) is 0 Å². The van der Waals surface area contributed by atoms with E-state index in [0.717, 1.165) is 6.92 Å². The van der Waals surface area contributed by atoms with Crippen LogP contribution in [-0.4, -0.2) is 16.1 Å². The van der Waals surface area contributed by atoms with Gasteiger partial charge in [-0.15, -0.1) is 0 Å². The summed E-state index contributed by atoms with van der Waals surface area (Å²) in [6.45, 7) is 1.08. The Bertz CT molecular complexity index is 148. The SMILES string of the molecule is CC(=O)O.[Li+].[c-]1ccccn1. The van der Waals surface area contributed by atoms with Crippen molar-refractivity contribution >= 4 is 5.97 Å². The minimum Gasteiger partial charge on any atom is -0.481 e. The van der Waals surface area contributed by atoms with Gasteiger partial charge < -0.3 is 10.1 Å². The Balaban J connectivity index is 0. The molecule has 4 heteroatoms. The topological polar surface area (TPSA) is 50.2 Å². The van der Waals surface area contributed by atoms with Gasteiger partial charge in [-0.2, -0.15) is 18.2 Å². The van der Waals surface area contributed by atoms with E-state index >= 15 is 0 Å². The first-order chi connectivity index (χ1) is 4.73. The summed E-state index contributed by atoms with van der Waals surface area (Å²) >= 11 is 0. The summed E-state index contributed by atoms with van der Waals surface area (Å²) in [6, 6.07) is 5.50. The van der Waals surface area contributed by atoms with Crippen LogP contribution in [0.5, 0.6) is 0 Å². The van der Waals surface area contributed by atoms with Gasteiger partial charge in [0.1, 0.15) is 0 Å². The third kappa shape index (κ3) is 17.6. The maximum absolute atomic E-state index is 9.00. The van der Waals surface area contributed by atoms with Gasteiger partial charge in [0, 0.05) is 6.92 Å². The maximum Gasteiger partial charge on any atom is 1.00 e. The molecule has 1 N–H and O–H groups in total. The van der Waals surface area contributed by atoms with Gasteiger partial charge in [-0.25, -0.2) is 0 Å². The van der Waals surface area contributed by atoms with Crippen LogP contribution in [0.25, 0.3) is 0 Å². The molecule has 0 aliphatic carbocycles. The van der Waals surface area contributed by atoms with Gasteiger partial charge in [-0.1, -0.05) is 12.4 Å². The molecule has 0 aliphatic rings. The van der Waals surface area contributed by atoms with Crippen LogP contribution in [0, 0.1) is 6.20 Å². The van der Waals surface area contributed by atoms with E-state index in [1.165, 1.54) is 0 Å². The minimum absolute atomic E-state index is 0. The van der Waals surface area contributed by atoms with E-state index in [1.807, 2.05) is 12.1 Å². The number of hydrogen-bond acceptors (Lipinski definition) is 2. The molecule has 0 saturated carbocycles. The van der Waals surface area contributed by atoms with Gasteiger partial charge >= 0.3 is 18.9 Å². The van der Waals surface area contributed by atoms with Crippen LogP contribution in [0.2, 0.25) is 0 Å². The predicted octanol–water partition coefficient (Wildman–Crippen LogP) is -2.02. The number of carboxylic acid groups (broad SMARTS) is 1. The molecule has 0 saturated heterocycles. The van der Waals surface area contributed by atoms with Gasteiger partial charge in [0.15, 0.2) is 0 Å². The molecule has 1 rings (SSSR count). The number of carboxylic acids is 1. The van der Waals surface area contributed by atoms with Crippen molar-refractivity contribution in [1.82, 2.24) is 4.98 Å². The van der Waals surface area contributed by atoms with Gasteiger partial charge in [-0.05, 0) is 0 Å². The number of hydrogen-bond donors (Lipinski definition) is 1. The van der Waals surface area contributed by atoms with Crippen molar-refractivity contribution in [2.45, 2.75) is 6.92 Å². The molecule has 0 fully saturated rings. The predicted molar refractivity (Wildman–Crippen MR) is 36.4 cm³/mol. The van der Waals surface area contributed by atoms with Crippen molar-refractivity contribution < 1.29 is 28.8 Å². The first-order valence-corrected chi connectivity index (χ1v) is 2.70. The molecule has 3 nitrogen and oxygen atoms in total. The van der Waals surface area contributed by atoms with Crippen molar-refractivity contribution in [1.29, 1.82) is 0 Å². The average molecular weight is 145 g/mol. The molecule has 0 atom stereocenters. The summed E-state index contributed by atoms with van der Waals surface area (Å²) in [4.78, 5) is 12.7. The fraction of sp³-hybridized carbons (Fsp3) is 0.143. The molecule has 11 heavy (non-hydrogen) atoms. The third-order valence-electron chi connectivity index (χ3n) is 0.517. The van der Waals surface area contributed by atoms with Crippen LogP contribution in [-0.2, 0) is 4.79 Å². The van der Waals surface area contributed by atoms with E-state index in [9.17, 15) is 0 Å². The molecule has 1 aromatic rings. The maximum atomic E-state index is 9.00. The van der Waals surface area contributed by atoms with Crippen LogP contribution in [0.15, 0.2) is 24.4 Å². The Kier molecular flexibility index (Phi) is 10.8. The Morgan fingerprint density at radius 3 is 2.18 bits per heavy atom. The van der Waals surface area contributed by atoms with E-state index in [4.69, 9.17) is 9.90 Å². The normalized spacial score (nSPS) is 6.64. The summed E-state index contributed by atoms with van der Waals surface area (Å²) < 4.78 is 0. The number of nitrogens with zero attached hydrogens (tertiary/aromatic N) is 1. The van der Waals surface area contributed by atoms with Crippen molar-refractivity contribution in [3.05, 3.63) is 30.6 Å². The number of pyridine rings is 1. The first-order valence-electron chi connectivity index (χ1n) is 2.70. The molecular formula is C7H8LiNO2. The number of aliphatic carboxylic acids is 1. The quantitative estimate of drug-likeness (QED) is 0.338. The molecule has 0 aliphatic heterocycles. The van der Waals surface area contributed by atoms with Crippen molar-refractivity contribution in [2.75, 3.05) is 0 Å². The van der Waals surface area contributed by atoms with Gasteiger partial charge in [0.25, 0.3) is 5.97 Å². The van der Waals surface area contributed by atoms with Gasteiger partial charge in [0.2, 0.25) is 0 Å². The van der Waals surface area contributed by atoms with Gasteiger partial charge in [-0.3, -0.25) is 4.79 Å². The van der Waals surface area contributed by atoms with Crippen molar-refractivity contribution in [3.8, 4) is 0 Å². The summed E-state index contributed by atoms with van der Waals surface area (Å²) in [5, 5.41) is 7.42. The Labute approximate surface area is 77.6 Å². The van der Waals surface area contributed by atoms with E-state index in [0.29, 0.717) is 0 Å². The zero-order chi connectivity index (χ0) is 7.82. The Morgan fingerprint density at radius 2 is 2.09 bits per heavy atom. The van der Waals surface area contributed by atoms with Crippen LogP contribution >= 0.6 is 0 Å². The molecule has 1 heterocycles. The minimum atomic E-state index is -0.833. The second-order valence-corrected chi connectivity index (χ2v) is 1.48. The number of rotatable bonds is 0. The molecular weight excluding hydrogens is 137 g/mol. The smallest absolute Gasteiger partial charge is 0.481 e. The number of carbonyl (C=O) groups is 1.